The summed E-state index contributed by atoms with van der Waals surface area (Å²) in [6.07, 6.45) is 6.86. The molecule has 3 aromatic rings. The lowest BCUT2D eigenvalue weighted by atomic mass is 9.91. The number of hydrogen-bond acceptors (Lipinski definition) is 4. The molecule has 1 saturated heterocycles. The van der Waals surface area contributed by atoms with Crippen LogP contribution in [0.1, 0.15) is 33.1 Å². The van der Waals surface area contributed by atoms with E-state index in [0.717, 1.165) is 56.9 Å². The van der Waals surface area contributed by atoms with E-state index in [4.69, 9.17) is 10.3 Å². The highest BCUT2D eigenvalue weighted by atomic mass is 79.9. The van der Waals surface area contributed by atoms with Gasteiger partial charge in [0.25, 0.3) is 5.91 Å². The molecule has 1 unspecified atom stereocenters. The van der Waals surface area contributed by atoms with Gasteiger partial charge in [0, 0.05) is 46.7 Å². The first kappa shape index (κ1) is 24.5. The van der Waals surface area contributed by atoms with E-state index in [1.165, 1.54) is 0 Å². The molecule has 8 heteroatoms. The largest absolute Gasteiger partial charge is 0.437 e. The lowest BCUT2D eigenvalue weighted by Gasteiger charge is -2.40. The SMILES string of the molecule is CC=C1C(Br)=C(C2CCN(C(=O)C(O)CC)CC2)[N-]c2c(-c3ccc(-c4ccccc4)nc3)cnn21. The van der Waals surface area contributed by atoms with Crippen molar-refractivity contribution >= 4 is 33.4 Å². The summed E-state index contributed by atoms with van der Waals surface area (Å²) in [5, 5.41) is 19.7. The minimum Gasteiger partial charge on any atom is -0.437 e. The van der Waals surface area contributed by atoms with E-state index in [1.54, 1.807) is 4.90 Å². The summed E-state index contributed by atoms with van der Waals surface area (Å²) >= 11 is 3.79. The Morgan fingerprint density at radius 3 is 2.56 bits per heavy atom. The molecule has 7 nitrogen and oxygen atoms in total. The van der Waals surface area contributed by atoms with E-state index in [9.17, 15) is 9.90 Å². The van der Waals surface area contributed by atoms with E-state index in [0.29, 0.717) is 19.5 Å². The average molecular weight is 547 g/mol. The molecule has 1 amide bonds. The van der Waals surface area contributed by atoms with Crippen LogP contribution in [0.15, 0.2) is 71.1 Å². The highest BCUT2D eigenvalue weighted by molar-refractivity contribution is 9.12. The molecule has 1 N–H and O–H groups in total. The molecule has 1 aromatic carbocycles. The van der Waals surface area contributed by atoms with Crippen molar-refractivity contribution < 1.29 is 9.90 Å². The van der Waals surface area contributed by atoms with E-state index in [1.807, 2.05) is 73.4 Å². The van der Waals surface area contributed by atoms with E-state index >= 15 is 0 Å². The molecule has 36 heavy (non-hydrogen) atoms. The molecular formula is C28H29BrN5O2-. The van der Waals surface area contributed by atoms with Crippen LogP contribution >= 0.6 is 15.9 Å². The lowest BCUT2D eigenvalue weighted by molar-refractivity contribution is -0.141. The molecule has 2 aromatic heterocycles. The van der Waals surface area contributed by atoms with Gasteiger partial charge in [-0.2, -0.15) is 0 Å². The van der Waals surface area contributed by atoms with E-state index in [-0.39, 0.29) is 11.8 Å². The van der Waals surface area contributed by atoms with Crippen LogP contribution in [0, 0.1) is 5.92 Å². The van der Waals surface area contributed by atoms with Crippen LogP contribution < -0.4 is 0 Å². The van der Waals surface area contributed by atoms with Gasteiger partial charge in [-0.15, -0.1) is 0 Å². The van der Waals surface area contributed by atoms with Gasteiger partial charge in [0.05, 0.1) is 5.69 Å². The number of aromatic nitrogens is 3. The summed E-state index contributed by atoms with van der Waals surface area (Å²) in [7, 11) is 0. The molecule has 2 aliphatic heterocycles. The summed E-state index contributed by atoms with van der Waals surface area (Å²) < 4.78 is 2.80. The molecule has 0 bridgehead atoms. The number of aliphatic hydroxyl groups excluding tert-OH is 1. The Morgan fingerprint density at radius 1 is 1.17 bits per heavy atom. The first-order valence-electron chi connectivity index (χ1n) is 12.4. The van der Waals surface area contributed by atoms with Crippen molar-refractivity contribution in [1.82, 2.24) is 19.7 Å². The lowest BCUT2D eigenvalue weighted by Crippen LogP contribution is -2.44. The number of halogens is 1. The number of fused-ring (bicyclic) bond motifs is 1. The van der Waals surface area contributed by atoms with Gasteiger partial charge < -0.3 is 20.0 Å². The predicted molar refractivity (Wildman–Crippen MR) is 145 cm³/mol. The molecule has 0 saturated carbocycles. The number of carbonyl (C=O) groups excluding carboxylic acids is 1. The maximum atomic E-state index is 12.4. The van der Waals surface area contributed by atoms with Gasteiger partial charge in [0.1, 0.15) is 6.10 Å². The Balaban J connectivity index is 1.39. The predicted octanol–water partition coefficient (Wildman–Crippen LogP) is 6.11. The fourth-order valence-electron chi connectivity index (χ4n) is 4.83. The van der Waals surface area contributed by atoms with Crippen LogP contribution in [0.2, 0.25) is 0 Å². The Bertz CT molecular complexity index is 1310. The number of nitrogens with zero attached hydrogens (tertiary/aromatic N) is 5. The molecule has 4 heterocycles. The molecule has 0 aliphatic carbocycles. The van der Waals surface area contributed by atoms with Crippen LogP contribution in [0.3, 0.4) is 0 Å². The summed E-state index contributed by atoms with van der Waals surface area (Å²) in [6, 6.07) is 14.2. The average Bonchev–Trinajstić information content (AvgIpc) is 3.36. The molecule has 0 radical (unpaired) electrons. The van der Waals surface area contributed by atoms with Crippen molar-refractivity contribution in [2.45, 2.75) is 39.2 Å². The molecule has 2 aliphatic rings. The number of piperidine rings is 1. The van der Waals surface area contributed by atoms with Gasteiger partial charge >= 0.3 is 0 Å². The molecule has 186 valence electrons. The van der Waals surface area contributed by atoms with Crippen molar-refractivity contribution in [3.8, 4) is 22.4 Å². The minimum absolute atomic E-state index is 0.175. The van der Waals surface area contributed by atoms with Crippen molar-refractivity contribution in [1.29, 1.82) is 0 Å². The van der Waals surface area contributed by atoms with Gasteiger partial charge in [-0.25, -0.2) is 0 Å². The zero-order chi connectivity index (χ0) is 25.2. The van der Waals surface area contributed by atoms with Crippen molar-refractivity contribution in [2.75, 3.05) is 13.1 Å². The fourth-order valence-corrected chi connectivity index (χ4v) is 5.64. The number of amides is 1. The topological polar surface area (TPSA) is 85.3 Å². The third-order valence-corrected chi connectivity index (χ3v) is 7.74. The van der Waals surface area contributed by atoms with Gasteiger partial charge in [0.2, 0.25) is 0 Å². The smallest absolute Gasteiger partial charge is 0.251 e. The van der Waals surface area contributed by atoms with Crippen LogP contribution in [-0.4, -0.2) is 49.9 Å². The zero-order valence-electron chi connectivity index (χ0n) is 20.4. The third kappa shape index (κ3) is 4.51. The van der Waals surface area contributed by atoms with Gasteiger partial charge in [0.15, 0.2) is 0 Å². The van der Waals surface area contributed by atoms with Crippen molar-refractivity contribution in [3.63, 3.8) is 0 Å². The second kappa shape index (κ2) is 10.4. The number of aliphatic hydroxyl groups is 1. The molecular weight excluding hydrogens is 518 g/mol. The zero-order valence-corrected chi connectivity index (χ0v) is 22.0. The number of pyridine rings is 1. The van der Waals surface area contributed by atoms with Gasteiger partial charge in [-0.05, 0) is 55.4 Å². The number of allylic oxidation sites excluding steroid dienone is 4. The molecule has 5 rings (SSSR count). The maximum Gasteiger partial charge on any atom is 0.251 e. The Hall–Kier alpha value is -3.23. The minimum atomic E-state index is -0.916. The number of hydrogen-bond donors (Lipinski definition) is 1. The van der Waals surface area contributed by atoms with Crippen LogP contribution in [0.25, 0.3) is 33.4 Å². The quantitative estimate of drug-likeness (QED) is 0.418. The first-order chi connectivity index (χ1) is 17.5. The van der Waals surface area contributed by atoms with Crippen molar-refractivity contribution in [3.05, 3.63) is 76.4 Å². The van der Waals surface area contributed by atoms with Gasteiger partial charge in [-0.1, -0.05) is 65.3 Å². The summed E-state index contributed by atoms with van der Waals surface area (Å²) in [6.45, 7) is 5.04. The highest BCUT2D eigenvalue weighted by Gasteiger charge is 2.29. The van der Waals surface area contributed by atoms with Crippen LogP contribution in [0.5, 0.6) is 0 Å². The third-order valence-electron chi connectivity index (χ3n) is 6.93. The molecule has 1 atom stereocenters. The van der Waals surface area contributed by atoms with Gasteiger partial charge in [-0.3, -0.25) is 14.9 Å². The number of rotatable bonds is 5. The maximum absolute atomic E-state index is 12.4. The van der Waals surface area contributed by atoms with Crippen LogP contribution in [0.4, 0.5) is 5.82 Å². The molecule has 0 spiro atoms. The summed E-state index contributed by atoms with van der Waals surface area (Å²) in [5.74, 6) is 0.813. The van der Waals surface area contributed by atoms with E-state index in [2.05, 4.69) is 27.1 Å². The normalized spacial score (nSPS) is 18.2. The Labute approximate surface area is 219 Å². The summed E-state index contributed by atoms with van der Waals surface area (Å²) in [4.78, 5) is 18.9. The standard InChI is InChI=1S/C28H29BrN5O2/c1-3-23-25(29)26(19-12-14-33(15-13-19)28(36)24(35)4-2)32-27-21(17-31-34(23)27)20-10-11-22(30-16-20)18-8-6-5-7-9-18/h3,5-11,16-17,19,24,35H,4,12-15H2,1-2H3/q-1. The monoisotopic (exact) mass is 546 g/mol. The number of benzene rings is 1. The molecule has 1 fully saturated rings. The number of likely N-dealkylation sites (tertiary alicyclic amines) is 1. The first-order valence-corrected chi connectivity index (χ1v) is 13.2. The van der Waals surface area contributed by atoms with E-state index < -0.39 is 6.10 Å². The van der Waals surface area contributed by atoms with Crippen LogP contribution in [-0.2, 0) is 4.79 Å². The summed E-state index contributed by atoms with van der Waals surface area (Å²) in [5.41, 5.74) is 5.82. The Morgan fingerprint density at radius 2 is 1.92 bits per heavy atom. The Kier molecular flexibility index (Phi) is 7.07. The number of carbonyl (C=O) groups is 1. The second-order valence-electron chi connectivity index (χ2n) is 9.10. The fraction of sp³-hybridized carbons (Fsp3) is 0.321. The van der Waals surface area contributed by atoms with Crippen molar-refractivity contribution in [2.24, 2.45) is 5.92 Å². The highest BCUT2D eigenvalue weighted by Crippen LogP contribution is 2.49. The second-order valence-corrected chi connectivity index (χ2v) is 9.89.